The van der Waals surface area contributed by atoms with Crippen LogP contribution in [0.25, 0.3) is 0 Å². The first-order valence-corrected chi connectivity index (χ1v) is 4.86. The molecule has 0 aliphatic rings. The maximum Gasteiger partial charge on any atom is 0.0576 e. The highest BCUT2D eigenvalue weighted by Gasteiger charge is 2.00. The number of terminal acetylenes is 1. The van der Waals surface area contributed by atoms with Crippen LogP contribution in [0.2, 0.25) is 0 Å². The van der Waals surface area contributed by atoms with Gasteiger partial charge in [0.05, 0.1) is 6.54 Å². The molecule has 0 heterocycles. The summed E-state index contributed by atoms with van der Waals surface area (Å²) < 4.78 is 0. The van der Waals surface area contributed by atoms with Crippen molar-refractivity contribution in [1.82, 2.24) is 5.32 Å². The summed E-state index contributed by atoms with van der Waals surface area (Å²) in [6.07, 6.45) is 5.17. The van der Waals surface area contributed by atoms with Crippen LogP contribution in [0.5, 0.6) is 0 Å². The smallest absolute Gasteiger partial charge is 0.0576 e. The molecule has 0 atom stereocenters. The number of rotatable bonds is 3. The summed E-state index contributed by atoms with van der Waals surface area (Å²) in [6.45, 7) is 7.91. The zero-order valence-electron chi connectivity index (χ0n) is 9.15. The standard InChI is InChI=1S/C13H17N/c1-5-6-14-9-13-8-11(3)10(2)7-12(13)4/h1,7-8,14H,6,9H2,2-4H3. The summed E-state index contributed by atoms with van der Waals surface area (Å²) in [5.74, 6) is 2.57. The molecule has 0 saturated carbocycles. The second-order valence-corrected chi connectivity index (χ2v) is 3.67. The second kappa shape index (κ2) is 4.83. The Labute approximate surface area is 86.5 Å². The third-order valence-electron chi connectivity index (χ3n) is 2.49. The average Bonchev–Trinajstić information content (AvgIpc) is 2.14. The van der Waals surface area contributed by atoms with Gasteiger partial charge in [-0.2, -0.15) is 0 Å². The minimum Gasteiger partial charge on any atom is -0.302 e. The molecule has 1 aromatic carbocycles. The Hall–Kier alpha value is -1.26. The Morgan fingerprint density at radius 3 is 2.43 bits per heavy atom. The SMILES string of the molecule is C#CCNCc1cc(C)c(C)cc1C. The van der Waals surface area contributed by atoms with Gasteiger partial charge in [0.15, 0.2) is 0 Å². The fourth-order valence-corrected chi connectivity index (χ4v) is 1.48. The van der Waals surface area contributed by atoms with Gasteiger partial charge < -0.3 is 5.32 Å². The largest absolute Gasteiger partial charge is 0.302 e. The van der Waals surface area contributed by atoms with Crippen molar-refractivity contribution in [3.8, 4) is 12.3 Å². The van der Waals surface area contributed by atoms with Crippen molar-refractivity contribution < 1.29 is 0 Å². The maximum absolute atomic E-state index is 5.17. The highest BCUT2D eigenvalue weighted by Crippen LogP contribution is 2.14. The molecule has 1 heteroatoms. The van der Waals surface area contributed by atoms with E-state index in [1.165, 1.54) is 22.3 Å². The van der Waals surface area contributed by atoms with Gasteiger partial charge in [0.2, 0.25) is 0 Å². The molecular formula is C13H17N. The van der Waals surface area contributed by atoms with Crippen LogP contribution in [0, 0.1) is 33.1 Å². The first-order valence-electron chi connectivity index (χ1n) is 4.86. The van der Waals surface area contributed by atoms with Crippen LogP contribution in [-0.2, 0) is 6.54 Å². The van der Waals surface area contributed by atoms with Crippen molar-refractivity contribution >= 4 is 0 Å². The van der Waals surface area contributed by atoms with Gasteiger partial charge >= 0.3 is 0 Å². The Balaban J connectivity index is 2.78. The second-order valence-electron chi connectivity index (χ2n) is 3.67. The van der Waals surface area contributed by atoms with Crippen LogP contribution in [-0.4, -0.2) is 6.54 Å². The van der Waals surface area contributed by atoms with Crippen LogP contribution in [0.3, 0.4) is 0 Å². The predicted octanol–water partition coefficient (Wildman–Crippen LogP) is 2.33. The number of hydrogen-bond donors (Lipinski definition) is 1. The van der Waals surface area contributed by atoms with Gasteiger partial charge in [-0.3, -0.25) is 0 Å². The summed E-state index contributed by atoms with van der Waals surface area (Å²) in [5, 5.41) is 3.20. The molecule has 0 aromatic heterocycles. The van der Waals surface area contributed by atoms with Crippen molar-refractivity contribution in [1.29, 1.82) is 0 Å². The Bertz CT molecular complexity index is 358. The van der Waals surface area contributed by atoms with Crippen LogP contribution >= 0.6 is 0 Å². The molecule has 74 valence electrons. The van der Waals surface area contributed by atoms with E-state index in [0.29, 0.717) is 6.54 Å². The lowest BCUT2D eigenvalue weighted by molar-refractivity contribution is 0.765. The highest BCUT2D eigenvalue weighted by atomic mass is 14.8. The fourth-order valence-electron chi connectivity index (χ4n) is 1.48. The summed E-state index contributed by atoms with van der Waals surface area (Å²) in [4.78, 5) is 0. The van der Waals surface area contributed by atoms with E-state index in [2.05, 4.69) is 44.1 Å². The van der Waals surface area contributed by atoms with E-state index in [4.69, 9.17) is 6.42 Å². The fraction of sp³-hybridized carbons (Fsp3) is 0.385. The van der Waals surface area contributed by atoms with Gasteiger partial charge in [0, 0.05) is 6.54 Å². The highest BCUT2D eigenvalue weighted by molar-refractivity contribution is 5.36. The predicted molar refractivity (Wildman–Crippen MR) is 61.2 cm³/mol. The van der Waals surface area contributed by atoms with E-state index in [0.717, 1.165) is 6.54 Å². The zero-order chi connectivity index (χ0) is 10.6. The van der Waals surface area contributed by atoms with Gasteiger partial charge in [-0.05, 0) is 43.0 Å². The van der Waals surface area contributed by atoms with Gasteiger partial charge in [-0.25, -0.2) is 0 Å². The van der Waals surface area contributed by atoms with E-state index >= 15 is 0 Å². The zero-order valence-corrected chi connectivity index (χ0v) is 9.15. The first kappa shape index (κ1) is 10.8. The number of nitrogens with one attached hydrogen (secondary N) is 1. The van der Waals surface area contributed by atoms with Crippen molar-refractivity contribution in [2.75, 3.05) is 6.54 Å². The minimum absolute atomic E-state index is 0.631. The summed E-state index contributed by atoms with van der Waals surface area (Å²) in [5.41, 5.74) is 5.36. The van der Waals surface area contributed by atoms with Crippen molar-refractivity contribution in [3.05, 3.63) is 34.4 Å². The summed E-state index contributed by atoms with van der Waals surface area (Å²) >= 11 is 0. The van der Waals surface area contributed by atoms with Gasteiger partial charge in [-0.15, -0.1) is 6.42 Å². The van der Waals surface area contributed by atoms with Crippen LogP contribution in [0.1, 0.15) is 22.3 Å². The Morgan fingerprint density at radius 2 is 1.79 bits per heavy atom. The van der Waals surface area contributed by atoms with Gasteiger partial charge in [-0.1, -0.05) is 18.1 Å². The average molecular weight is 187 g/mol. The first-order chi connectivity index (χ1) is 6.65. The summed E-state index contributed by atoms with van der Waals surface area (Å²) in [6, 6.07) is 4.45. The molecule has 0 amide bonds. The minimum atomic E-state index is 0.631. The van der Waals surface area contributed by atoms with Crippen LogP contribution < -0.4 is 5.32 Å². The monoisotopic (exact) mass is 187 g/mol. The van der Waals surface area contributed by atoms with E-state index in [-0.39, 0.29) is 0 Å². The molecule has 0 aliphatic heterocycles. The molecule has 0 aliphatic carbocycles. The van der Waals surface area contributed by atoms with Crippen molar-refractivity contribution in [2.45, 2.75) is 27.3 Å². The van der Waals surface area contributed by atoms with E-state index < -0.39 is 0 Å². The molecule has 1 aromatic rings. The molecule has 1 rings (SSSR count). The molecule has 0 unspecified atom stereocenters. The topological polar surface area (TPSA) is 12.0 Å². The normalized spacial score (nSPS) is 9.86. The lowest BCUT2D eigenvalue weighted by Crippen LogP contribution is -2.14. The Morgan fingerprint density at radius 1 is 1.14 bits per heavy atom. The summed E-state index contributed by atoms with van der Waals surface area (Å²) in [7, 11) is 0. The van der Waals surface area contributed by atoms with Crippen molar-refractivity contribution in [2.24, 2.45) is 0 Å². The van der Waals surface area contributed by atoms with E-state index in [9.17, 15) is 0 Å². The third kappa shape index (κ3) is 2.61. The van der Waals surface area contributed by atoms with Crippen LogP contribution in [0.15, 0.2) is 12.1 Å². The molecule has 14 heavy (non-hydrogen) atoms. The molecule has 0 fully saturated rings. The quantitative estimate of drug-likeness (QED) is 0.565. The van der Waals surface area contributed by atoms with Gasteiger partial charge in [0.1, 0.15) is 0 Å². The maximum atomic E-state index is 5.17. The third-order valence-corrected chi connectivity index (χ3v) is 2.49. The van der Waals surface area contributed by atoms with Crippen LogP contribution in [0.4, 0.5) is 0 Å². The number of hydrogen-bond acceptors (Lipinski definition) is 1. The van der Waals surface area contributed by atoms with Crippen molar-refractivity contribution in [3.63, 3.8) is 0 Å². The molecule has 1 N–H and O–H groups in total. The molecule has 0 bridgehead atoms. The Kier molecular flexibility index (Phi) is 3.73. The van der Waals surface area contributed by atoms with E-state index in [1.807, 2.05) is 0 Å². The molecule has 0 spiro atoms. The molecule has 0 radical (unpaired) electrons. The van der Waals surface area contributed by atoms with E-state index in [1.54, 1.807) is 0 Å². The molecular weight excluding hydrogens is 170 g/mol. The number of benzene rings is 1. The lowest BCUT2D eigenvalue weighted by atomic mass is 10.0. The number of aryl methyl sites for hydroxylation is 3. The lowest BCUT2D eigenvalue weighted by Gasteiger charge is -2.09. The molecule has 0 saturated heterocycles. The molecule has 1 nitrogen and oxygen atoms in total. The van der Waals surface area contributed by atoms with Gasteiger partial charge in [0.25, 0.3) is 0 Å².